The van der Waals surface area contributed by atoms with Gasteiger partial charge < -0.3 is 14.7 Å². The Hall–Kier alpha value is -2.31. The molecule has 1 spiro atoms. The molecule has 0 bridgehead atoms. The molecule has 0 amide bonds. The van der Waals surface area contributed by atoms with Gasteiger partial charge in [0.2, 0.25) is 12.1 Å². The van der Waals surface area contributed by atoms with Crippen LogP contribution in [0.4, 0.5) is 28.9 Å². The second kappa shape index (κ2) is 12.3. The molecule has 0 aromatic heterocycles. The molecule has 12 heteroatoms. The van der Waals surface area contributed by atoms with E-state index >= 15 is 0 Å². The molecular formula is C28H34F4N2O4S2. The van der Waals surface area contributed by atoms with Crippen LogP contribution < -0.4 is 9.64 Å². The van der Waals surface area contributed by atoms with E-state index in [0.717, 1.165) is 36.0 Å². The van der Waals surface area contributed by atoms with Crippen LogP contribution in [0.2, 0.25) is 0 Å². The number of nitrogens with zero attached hydrogens (tertiary/aromatic N) is 2. The molecule has 2 aromatic rings. The average molecular weight is 603 g/mol. The SMILES string of the molecule is CCC(C)(F)F.CN1CCN(c2ccc(F)cc2)c2cc(SC3CC4(CC4)C3)c(OCC(F)C(=O)O)cc2S1=O. The van der Waals surface area contributed by atoms with Crippen LogP contribution >= 0.6 is 11.8 Å². The van der Waals surface area contributed by atoms with Crippen molar-refractivity contribution in [3.63, 3.8) is 0 Å². The van der Waals surface area contributed by atoms with Gasteiger partial charge in [-0.1, -0.05) is 6.92 Å². The Morgan fingerprint density at radius 2 is 1.85 bits per heavy atom. The summed E-state index contributed by atoms with van der Waals surface area (Å²) in [6.45, 7) is 2.80. The molecule has 2 aliphatic carbocycles. The second-order valence-corrected chi connectivity index (χ2v) is 13.6. The van der Waals surface area contributed by atoms with Gasteiger partial charge in [0.15, 0.2) is 0 Å². The molecule has 2 fully saturated rings. The van der Waals surface area contributed by atoms with Crippen LogP contribution in [0.15, 0.2) is 46.2 Å². The Bertz CT molecular complexity index is 1230. The fourth-order valence-electron chi connectivity index (χ4n) is 4.58. The summed E-state index contributed by atoms with van der Waals surface area (Å²) in [5.41, 5.74) is 2.00. The Balaban J connectivity index is 0.000000557. The lowest BCUT2D eigenvalue weighted by Gasteiger charge is -2.36. The number of likely N-dealkylation sites (N-methyl/N-ethyl adjacent to an activating group) is 1. The minimum absolute atomic E-state index is 0.0625. The van der Waals surface area contributed by atoms with Gasteiger partial charge in [0.1, 0.15) is 29.2 Å². The van der Waals surface area contributed by atoms with Crippen molar-refractivity contribution >= 4 is 40.1 Å². The number of carbonyl (C=O) groups is 1. The maximum Gasteiger partial charge on any atom is 0.341 e. The maximum atomic E-state index is 13.8. The summed E-state index contributed by atoms with van der Waals surface area (Å²) in [5, 5.41) is 9.33. The largest absolute Gasteiger partial charge is 0.489 e. The molecule has 2 atom stereocenters. The molecular weight excluding hydrogens is 568 g/mol. The fraction of sp³-hybridized carbons (Fsp3) is 0.536. The molecule has 1 aliphatic heterocycles. The second-order valence-electron chi connectivity index (χ2n) is 10.7. The van der Waals surface area contributed by atoms with Gasteiger partial charge in [0, 0.05) is 43.6 Å². The number of carboxylic acid groups (broad SMARTS) is 1. The van der Waals surface area contributed by atoms with E-state index in [-0.39, 0.29) is 12.2 Å². The molecule has 220 valence electrons. The van der Waals surface area contributed by atoms with E-state index in [9.17, 15) is 26.6 Å². The Morgan fingerprint density at radius 1 is 1.23 bits per heavy atom. The van der Waals surface area contributed by atoms with Crippen LogP contribution in [0.1, 0.15) is 46.0 Å². The van der Waals surface area contributed by atoms with Gasteiger partial charge in [-0.3, -0.25) is 0 Å². The predicted molar refractivity (Wildman–Crippen MR) is 148 cm³/mol. The van der Waals surface area contributed by atoms with Crippen LogP contribution in [0.25, 0.3) is 0 Å². The Labute approximate surface area is 238 Å². The van der Waals surface area contributed by atoms with Gasteiger partial charge in [0.25, 0.3) is 0 Å². The first-order valence-electron chi connectivity index (χ1n) is 13.2. The molecule has 0 saturated heterocycles. The number of benzene rings is 2. The summed E-state index contributed by atoms with van der Waals surface area (Å²) in [7, 11) is 0.250. The topological polar surface area (TPSA) is 70.1 Å². The van der Waals surface area contributed by atoms with Crippen molar-refractivity contribution in [2.24, 2.45) is 5.41 Å². The highest BCUT2D eigenvalue weighted by molar-refractivity contribution is 8.00. The Morgan fingerprint density at radius 3 is 2.40 bits per heavy atom. The standard InChI is InChI=1S/C24H26F2N2O4S2.C4H8F2/c1-27-8-9-28(16-4-2-15(25)3-5-16)19-10-21(33-17-12-24(13-17)6-7-24)20(11-22(19)34(27)31)32-14-18(26)23(29)30;1-3-4(2,5)6/h2-5,10-11,17-18H,6-9,12-14H2,1H3,(H,29,30);3H2,1-2H3. The van der Waals surface area contributed by atoms with Crippen molar-refractivity contribution in [1.29, 1.82) is 0 Å². The maximum absolute atomic E-state index is 13.8. The monoisotopic (exact) mass is 602 g/mol. The van der Waals surface area contributed by atoms with Gasteiger partial charge >= 0.3 is 5.97 Å². The zero-order valence-corrected chi connectivity index (χ0v) is 24.3. The summed E-state index contributed by atoms with van der Waals surface area (Å²) in [6.07, 6.45) is 2.55. The fourth-order valence-corrected chi connectivity index (χ4v) is 7.36. The summed E-state index contributed by atoms with van der Waals surface area (Å²) in [5.74, 6) is -4.03. The Kier molecular flexibility index (Phi) is 9.41. The molecule has 2 aromatic carbocycles. The molecule has 2 unspecified atom stereocenters. The third-order valence-electron chi connectivity index (χ3n) is 7.41. The first-order chi connectivity index (χ1) is 18.8. The number of hydrogen-bond donors (Lipinski definition) is 1. The number of fused-ring (bicyclic) bond motifs is 1. The lowest BCUT2D eigenvalue weighted by atomic mass is 9.81. The van der Waals surface area contributed by atoms with Crippen molar-refractivity contribution in [2.75, 3.05) is 31.6 Å². The van der Waals surface area contributed by atoms with Gasteiger partial charge in [-0.15, -0.1) is 11.8 Å². The highest BCUT2D eigenvalue weighted by Gasteiger charge is 2.53. The predicted octanol–water partition coefficient (Wildman–Crippen LogP) is 6.82. The van der Waals surface area contributed by atoms with E-state index in [2.05, 4.69) is 0 Å². The van der Waals surface area contributed by atoms with E-state index in [1.54, 1.807) is 41.3 Å². The number of anilines is 2. The number of halogens is 4. The highest BCUT2D eigenvalue weighted by Crippen LogP contribution is 2.64. The van der Waals surface area contributed by atoms with Crippen LogP contribution in [-0.4, -0.2) is 63.7 Å². The smallest absolute Gasteiger partial charge is 0.341 e. The number of aliphatic carboxylic acids is 1. The zero-order valence-electron chi connectivity index (χ0n) is 22.7. The van der Waals surface area contributed by atoms with Gasteiger partial charge in [0.05, 0.1) is 15.5 Å². The number of rotatable bonds is 8. The van der Waals surface area contributed by atoms with Crippen LogP contribution in [-0.2, 0) is 15.8 Å². The third kappa shape index (κ3) is 7.50. The lowest BCUT2D eigenvalue weighted by molar-refractivity contribution is -0.143. The van der Waals surface area contributed by atoms with Crippen molar-refractivity contribution in [3.05, 3.63) is 42.2 Å². The van der Waals surface area contributed by atoms with Crippen molar-refractivity contribution in [2.45, 2.75) is 73.1 Å². The summed E-state index contributed by atoms with van der Waals surface area (Å²) >= 11 is 1.65. The lowest BCUT2D eigenvalue weighted by Crippen LogP contribution is -2.27. The molecule has 1 heterocycles. The number of thioether (sulfide) groups is 1. The molecule has 5 rings (SSSR count). The van der Waals surface area contributed by atoms with E-state index in [0.29, 0.717) is 34.4 Å². The van der Waals surface area contributed by atoms with Crippen molar-refractivity contribution < 1.29 is 36.4 Å². The normalized spacial score (nSPS) is 21.0. The summed E-state index contributed by atoms with van der Waals surface area (Å²) < 4.78 is 70.9. The number of carboxylic acids is 1. The van der Waals surface area contributed by atoms with E-state index in [4.69, 9.17) is 9.84 Å². The quantitative estimate of drug-likeness (QED) is 0.335. The minimum Gasteiger partial charge on any atom is -0.489 e. The third-order valence-corrected chi connectivity index (χ3v) is 10.1. The van der Waals surface area contributed by atoms with E-state index in [1.165, 1.54) is 31.9 Å². The van der Waals surface area contributed by atoms with Gasteiger partial charge in [-0.2, -0.15) is 0 Å². The van der Waals surface area contributed by atoms with Crippen molar-refractivity contribution in [3.8, 4) is 5.75 Å². The molecule has 6 nitrogen and oxygen atoms in total. The van der Waals surface area contributed by atoms with Crippen LogP contribution in [0.3, 0.4) is 0 Å². The summed E-state index contributed by atoms with van der Waals surface area (Å²) in [4.78, 5) is 14.2. The minimum atomic E-state index is -2.46. The summed E-state index contributed by atoms with van der Waals surface area (Å²) in [6, 6.07) is 9.71. The van der Waals surface area contributed by atoms with Crippen LogP contribution in [0.5, 0.6) is 5.75 Å². The zero-order chi connectivity index (χ0) is 29.2. The molecule has 40 heavy (non-hydrogen) atoms. The highest BCUT2D eigenvalue weighted by atomic mass is 32.2. The average Bonchev–Trinajstić information content (AvgIpc) is 3.70. The molecule has 2 saturated carbocycles. The first-order valence-corrected chi connectivity index (χ1v) is 15.2. The van der Waals surface area contributed by atoms with Gasteiger partial charge in [-0.25, -0.2) is 30.9 Å². The van der Waals surface area contributed by atoms with Crippen molar-refractivity contribution in [1.82, 2.24) is 4.31 Å². The van der Waals surface area contributed by atoms with Gasteiger partial charge in [-0.05, 0) is 68.4 Å². The first kappa shape index (κ1) is 30.6. The number of ether oxygens (including phenoxy) is 1. The van der Waals surface area contributed by atoms with E-state index < -0.39 is 35.7 Å². The molecule has 0 radical (unpaired) electrons. The number of hydrogen-bond acceptors (Lipinski definition) is 5. The van der Waals surface area contributed by atoms with E-state index in [1.807, 2.05) is 11.0 Å². The van der Waals surface area contributed by atoms with Crippen LogP contribution in [0, 0.1) is 11.2 Å². The molecule has 1 N–H and O–H groups in total. The number of alkyl halides is 3. The molecule has 3 aliphatic rings.